The standard InChI is InChI=1S/C15H25N3O/c1-12-3-4-15(19)14(17-12)11-16-8-5-13-6-9-18(2)10-7-13/h3-4,13,16,19H,5-11H2,1-2H3. The number of piperidine rings is 1. The van der Waals surface area contributed by atoms with Gasteiger partial charge in [-0.05, 0) is 70.9 Å². The summed E-state index contributed by atoms with van der Waals surface area (Å²) in [6, 6.07) is 3.55. The van der Waals surface area contributed by atoms with Crippen LogP contribution in [0.4, 0.5) is 0 Å². The van der Waals surface area contributed by atoms with Crippen molar-refractivity contribution in [1.29, 1.82) is 0 Å². The van der Waals surface area contributed by atoms with Gasteiger partial charge in [-0.2, -0.15) is 0 Å². The molecule has 0 unspecified atom stereocenters. The number of hydrogen-bond acceptors (Lipinski definition) is 4. The highest BCUT2D eigenvalue weighted by atomic mass is 16.3. The topological polar surface area (TPSA) is 48.4 Å². The summed E-state index contributed by atoms with van der Waals surface area (Å²) in [6.07, 6.45) is 3.85. The second-order valence-corrected chi connectivity index (χ2v) is 5.63. The normalized spacial score (nSPS) is 17.8. The van der Waals surface area contributed by atoms with Crippen LogP contribution in [0.2, 0.25) is 0 Å². The van der Waals surface area contributed by atoms with Gasteiger partial charge in [-0.3, -0.25) is 4.98 Å². The second kappa shape index (κ2) is 6.87. The van der Waals surface area contributed by atoms with Crippen molar-refractivity contribution in [1.82, 2.24) is 15.2 Å². The first-order valence-corrected chi connectivity index (χ1v) is 7.20. The van der Waals surface area contributed by atoms with Crippen molar-refractivity contribution in [2.75, 3.05) is 26.7 Å². The Morgan fingerprint density at radius 1 is 1.37 bits per heavy atom. The van der Waals surface area contributed by atoms with Crippen molar-refractivity contribution in [3.8, 4) is 5.75 Å². The minimum Gasteiger partial charge on any atom is -0.506 e. The predicted octanol–water partition coefficient (Wildman–Crippen LogP) is 1.92. The number of nitrogens with zero attached hydrogens (tertiary/aromatic N) is 2. The quantitative estimate of drug-likeness (QED) is 0.797. The first-order valence-electron chi connectivity index (χ1n) is 7.20. The minimum absolute atomic E-state index is 0.289. The van der Waals surface area contributed by atoms with E-state index in [1.54, 1.807) is 6.07 Å². The average molecular weight is 263 g/mol. The molecular formula is C15H25N3O. The molecule has 2 N–H and O–H groups in total. The maximum Gasteiger partial charge on any atom is 0.138 e. The van der Waals surface area contributed by atoms with Crippen LogP contribution in [0.3, 0.4) is 0 Å². The Labute approximate surface area is 115 Å². The van der Waals surface area contributed by atoms with Gasteiger partial charge in [0.15, 0.2) is 0 Å². The van der Waals surface area contributed by atoms with E-state index in [4.69, 9.17) is 0 Å². The molecule has 4 heteroatoms. The summed E-state index contributed by atoms with van der Waals surface area (Å²) >= 11 is 0. The molecule has 4 nitrogen and oxygen atoms in total. The van der Waals surface area contributed by atoms with E-state index in [2.05, 4.69) is 22.2 Å². The minimum atomic E-state index is 0.289. The van der Waals surface area contributed by atoms with Gasteiger partial charge < -0.3 is 15.3 Å². The monoisotopic (exact) mass is 263 g/mol. The van der Waals surface area contributed by atoms with Gasteiger partial charge in [0.25, 0.3) is 0 Å². The van der Waals surface area contributed by atoms with E-state index >= 15 is 0 Å². The molecular weight excluding hydrogens is 238 g/mol. The number of likely N-dealkylation sites (tertiary alicyclic amines) is 1. The molecule has 106 valence electrons. The summed E-state index contributed by atoms with van der Waals surface area (Å²) in [5, 5.41) is 13.1. The summed E-state index contributed by atoms with van der Waals surface area (Å²) < 4.78 is 0. The smallest absolute Gasteiger partial charge is 0.138 e. The zero-order valence-electron chi connectivity index (χ0n) is 12.0. The molecule has 2 heterocycles. The summed E-state index contributed by atoms with van der Waals surface area (Å²) in [4.78, 5) is 6.75. The van der Waals surface area contributed by atoms with Gasteiger partial charge in [0, 0.05) is 12.2 Å². The van der Waals surface area contributed by atoms with Crippen LogP contribution in [-0.4, -0.2) is 41.7 Å². The maximum absolute atomic E-state index is 9.70. The van der Waals surface area contributed by atoms with Crippen molar-refractivity contribution in [3.63, 3.8) is 0 Å². The van der Waals surface area contributed by atoms with Crippen LogP contribution in [0.1, 0.15) is 30.7 Å². The molecule has 0 spiro atoms. The van der Waals surface area contributed by atoms with Crippen LogP contribution in [0.5, 0.6) is 5.75 Å². The average Bonchev–Trinajstić information content (AvgIpc) is 2.40. The lowest BCUT2D eigenvalue weighted by Crippen LogP contribution is -2.31. The summed E-state index contributed by atoms with van der Waals surface area (Å²) in [5.41, 5.74) is 1.70. The highest BCUT2D eigenvalue weighted by Crippen LogP contribution is 2.19. The molecule has 1 aromatic heterocycles. The Bertz CT molecular complexity index is 400. The number of aromatic nitrogens is 1. The van der Waals surface area contributed by atoms with E-state index < -0.39 is 0 Å². The summed E-state index contributed by atoms with van der Waals surface area (Å²) in [7, 11) is 2.20. The van der Waals surface area contributed by atoms with Gasteiger partial charge in [-0.1, -0.05) is 0 Å². The van der Waals surface area contributed by atoms with Gasteiger partial charge in [0.2, 0.25) is 0 Å². The number of hydrogen-bond donors (Lipinski definition) is 2. The Kier molecular flexibility index (Phi) is 5.16. The fraction of sp³-hybridized carbons (Fsp3) is 0.667. The highest BCUT2D eigenvalue weighted by Gasteiger charge is 2.15. The lowest BCUT2D eigenvalue weighted by atomic mass is 9.94. The predicted molar refractivity (Wildman–Crippen MR) is 77.2 cm³/mol. The molecule has 0 atom stereocenters. The molecule has 1 aromatic rings. The Hall–Kier alpha value is -1.13. The molecule has 1 aliphatic heterocycles. The highest BCUT2D eigenvalue weighted by molar-refractivity contribution is 5.27. The van der Waals surface area contributed by atoms with E-state index in [-0.39, 0.29) is 5.75 Å². The fourth-order valence-corrected chi connectivity index (χ4v) is 2.60. The molecule has 0 amide bonds. The third-order valence-electron chi connectivity index (χ3n) is 3.95. The Morgan fingerprint density at radius 2 is 2.11 bits per heavy atom. The molecule has 0 aliphatic carbocycles. The number of pyridine rings is 1. The maximum atomic E-state index is 9.70. The Balaban J connectivity index is 1.68. The fourth-order valence-electron chi connectivity index (χ4n) is 2.60. The third-order valence-corrected chi connectivity index (χ3v) is 3.95. The van der Waals surface area contributed by atoms with Crippen molar-refractivity contribution in [3.05, 3.63) is 23.5 Å². The van der Waals surface area contributed by atoms with E-state index in [1.165, 1.54) is 32.4 Å². The van der Waals surface area contributed by atoms with E-state index in [9.17, 15) is 5.11 Å². The van der Waals surface area contributed by atoms with Gasteiger partial charge in [-0.25, -0.2) is 0 Å². The Morgan fingerprint density at radius 3 is 2.84 bits per heavy atom. The van der Waals surface area contributed by atoms with Crippen LogP contribution in [0, 0.1) is 12.8 Å². The molecule has 1 fully saturated rings. The first kappa shape index (κ1) is 14.3. The molecule has 1 saturated heterocycles. The van der Waals surface area contributed by atoms with Crippen molar-refractivity contribution < 1.29 is 5.11 Å². The second-order valence-electron chi connectivity index (χ2n) is 5.63. The number of aryl methyl sites for hydroxylation is 1. The van der Waals surface area contributed by atoms with E-state index in [0.717, 1.165) is 23.9 Å². The lowest BCUT2D eigenvalue weighted by molar-refractivity contribution is 0.211. The van der Waals surface area contributed by atoms with Crippen LogP contribution in [0.25, 0.3) is 0 Å². The number of aromatic hydroxyl groups is 1. The molecule has 0 aromatic carbocycles. The van der Waals surface area contributed by atoms with Crippen molar-refractivity contribution in [2.45, 2.75) is 32.7 Å². The molecule has 1 aliphatic rings. The first-order chi connectivity index (χ1) is 9.15. The van der Waals surface area contributed by atoms with Crippen LogP contribution in [0.15, 0.2) is 12.1 Å². The van der Waals surface area contributed by atoms with Crippen molar-refractivity contribution in [2.24, 2.45) is 5.92 Å². The zero-order chi connectivity index (χ0) is 13.7. The zero-order valence-corrected chi connectivity index (χ0v) is 12.0. The van der Waals surface area contributed by atoms with Crippen LogP contribution in [-0.2, 0) is 6.54 Å². The molecule has 0 saturated carbocycles. The van der Waals surface area contributed by atoms with Gasteiger partial charge in [0.05, 0.1) is 5.69 Å². The van der Waals surface area contributed by atoms with Gasteiger partial charge in [0.1, 0.15) is 5.75 Å². The lowest BCUT2D eigenvalue weighted by Gasteiger charge is -2.28. The number of rotatable bonds is 5. The summed E-state index contributed by atoms with van der Waals surface area (Å²) in [5.74, 6) is 1.14. The molecule has 0 bridgehead atoms. The molecule has 0 radical (unpaired) electrons. The largest absolute Gasteiger partial charge is 0.506 e. The van der Waals surface area contributed by atoms with Crippen LogP contribution < -0.4 is 5.32 Å². The molecule has 19 heavy (non-hydrogen) atoms. The molecule has 2 rings (SSSR count). The van der Waals surface area contributed by atoms with Crippen LogP contribution >= 0.6 is 0 Å². The van der Waals surface area contributed by atoms with Crippen molar-refractivity contribution >= 4 is 0 Å². The van der Waals surface area contributed by atoms with Gasteiger partial charge in [-0.15, -0.1) is 0 Å². The third kappa shape index (κ3) is 4.48. The van der Waals surface area contributed by atoms with E-state index in [1.807, 2.05) is 13.0 Å². The summed E-state index contributed by atoms with van der Waals surface area (Å²) in [6.45, 7) is 6.06. The van der Waals surface area contributed by atoms with Gasteiger partial charge >= 0.3 is 0 Å². The number of nitrogens with one attached hydrogen (secondary N) is 1. The van der Waals surface area contributed by atoms with E-state index in [0.29, 0.717) is 6.54 Å². The SMILES string of the molecule is Cc1ccc(O)c(CNCCC2CCN(C)CC2)n1.